The fraction of sp³-hybridized carbons (Fsp3) is 0.600. The Morgan fingerprint density at radius 3 is 3.19 bits per heavy atom. The van der Waals surface area contributed by atoms with Gasteiger partial charge in [0.25, 0.3) is 5.91 Å². The van der Waals surface area contributed by atoms with Crippen LogP contribution in [0.1, 0.15) is 5.82 Å². The third-order valence-electron chi connectivity index (χ3n) is 2.83. The second kappa shape index (κ2) is 4.63. The molecule has 2 rings (SSSR count). The van der Waals surface area contributed by atoms with Gasteiger partial charge >= 0.3 is 0 Å². The van der Waals surface area contributed by atoms with Gasteiger partial charge < -0.3 is 19.9 Å². The lowest BCUT2D eigenvalue weighted by atomic mass is 10.2. The molecule has 0 saturated heterocycles. The van der Waals surface area contributed by atoms with Gasteiger partial charge in [-0.25, -0.2) is 4.98 Å². The van der Waals surface area contributed by atoms with Crippen molar-refractivity contribution >= 4 is 5.91 Å². The Balaban J connectivity index is 2.05. The average molecular weight is 224 g/mol. The summed E-state index contributed by atoms with van der Waals surface area (Å²) in [7, 11) is 1.50. The minimum absolute atomic E-state index is 0.0562. The number of fused-ring (bicyclic) bond motifs is 1. The molecule has 0 bridgehead atoms. The van der Waals surface area contributed by atoms with E-state index in [2.05, 4.69) is 4.98 Å². The monoisotopic (exact) mass is 224 g/mol. The molecule has 1 atom stereocenters. The largest absolute Gasteiger partial charge is 0.370 e. The first-order chi connectivity index (χ1) is 7.76. The molecule has 0 aliphatic carbocycles. The van der Waals surface area contributed by atoms with Crippen molar-refractivity contribution in [2.75, 3.05) is 20.2 Å². The summed E-state index contributed by atoms with van der Waals surface area (Å²) >= 11 is 0. The van der Waals surface area contributed by atoms with E-state index in [0.717, 1.165) is 12.4 Å². The number of hydrogen-bond acceptors (Lipinski definition) is 4. The van der Waals surface area contributed by atoms with Crippen molar-refractivity contribution < 1.29 is 9.53 Å². The van der Waals surface area contributed by atoms with Gasteiger partial charge in [-0.2, -0.15) is 0 Å². The molecule has 0 saturated carbocycles. The topological polar surface area (TPSA) is 73.4 Å². The number of imidazole rings is 1. The van der Waals surface area contributed by atoms with Crippen LogP contribution in [0.5, 0.6) is 0 Å². The van der Waals surface area contributed by atoms with Gasteiger partial charge in [-0.1, -0.05) is 0 Å². The number of carbonyl (C=O) groups is 1. The SMILES string of the molecule is COC(CN)C(=O)N1CCn2ccnc2C1. The smallest absolute Gasteiger partial charge is 0.253 e. The van der Waals surface area contributed by atoms with Gasteiger partial charge in [0.1, 0.15) is 11.9 Å². The quantitative estimate of drug-likeness (QED) is 0.729. The van der Waals surface area contributed by atoms with Gasteiger partial charge in [-0.05, 0) is 0 Å². The maximum Gasteiger partial charge on any atom is 0.253 e. The number of nitrogens with two attached hydrogens (primary N) is 1. The Morgan fingerprint density at radius 2 is 2.50 bits per heavy atom. The molecule has 0 aromatic carbocycles. The molecule has 1 aliphatic rings. The van der Waals surface area contributed by atoms with Gasteiger partial charge in [0.15, 0.2) is 0 Å². The molecule has 0 fully saturated rings. The molecule has 1 aliphatic heterocycles. The third-order valence-corrected chi connectivity index (χ3v) is 2.83. The molecule has 2 N–H and O–H groups in total. The van der Waals surface area contributed by atoms with Crippen LogP contribution in [0.3, 0.4) is 0 Å². The van der Waals surface area contributed by atoms with Crippen molar-refractivity contribution in [1.82, 2.24) is 14.5 Å². The first-order valence-electron chi connectivity index (χ1n) is 5.28. The average Bonchev–Trinajstić information content (AvgIpc) is 2.77. The van der Waals surface area contributed by atoms with Gasteiger partial charge in [-0.15, -0.1) is 0 Å². The van der Waals surface area contributed by atoms with Crippen LogP contribution in [0.25, 0.3) is 0 Å². The lowest BCUT2D eigenvalue weighted by Crippen LogP contribution is -2.46. The first-order valence-corrected chi connectivity index (χ1v) is 5.28. The van der Waals surface area contributed by atoms with E-state index in [1.165, 1.54) is 7.11 Å². The molecule has 6 heteroatoms. The second-order valence-corrected chi connectivity index (χ2v) is 3.76. The molecule has 1 aromatic heterocycles. The minimum Gasteiger partial charge on any atom is -0.370 e. The highest BCUT2D eigenvalue weighted by atomic mass is 16.5. The summed E-state index contributed by atoms with van der Waals surface area (Å²) in [6.07, 6.45) is 3.13. The molecule has 2 heterocycles. The highest BCUT2D eigenvalue weighted by Crippen LogP contribution is 2.11. The summed E-state index contributed by atoms with van der Waals surface area (Å²) in [5, 5.41) is 0. The zero-order valence-corrected chi connectivity index (χ0v) is 9.30. The van der Waals surface area contributed by atoms with Gasteiger partial charge in [-0.3, -0.25) is 4.79 Å². The molecule has 6 nitrogen and oxygen atoms in total. The van der Waals surface area contributed by atoms with E-state index >= 15 is 0 Å². The van der Waals surface area contributed by atoms with E-state index in [-0.39, 0.29) is 12.5 Å². The fourth-order valence-electron chi connectivity index (χ4n) is 1.86. The van der Waals surface area contributed by atoms with Crippen LogP contribution in [0.2, 0.25) is 0 Å². The van der Waals surface area contributed by atoms with Crippen molar-refractivity contribution in [2.45, 2.75) is 19.2 Å². The van der Waals surface area contributed by atoms with Crippen LogP contribution in [0.4, 0.5) is 0 Å². The minimum atomic E-state index is -0.540. The Kier molecular flexibility index (Phi) is 3.21. The summed E-state index contributed by atoms with van der Waals surface area (Å²) in [6.45, 7) is 2.20. The standard InChI is InChI=1S/C10H16N4O2/c1-16-8(6-11)10(15)14-5-4-13-3-2-12-9(13)7-14/h2-3,8H,4-7,11H2,1H3. The summed E-state index contributed by atoms with van der Waals surface area (Å²) in [6, 6.07) is 0. The number of rotatable bonds is 3. The van der Waals surface area contributed by atoms with Crippen LogP contribution >= 0.6 is 0 Å². The van der Waals surface area contributed by atoms with Crippen molar-refractivity contribution in [2.24, 2.45) is 5.73 Å². The normalized spacial score (nSPS) is 17.0. The third kappa shape index (κ3) is 1.94. The number of aromatic nitrogens is 2. The predicted molar refractivity (Wildman–Crippen MR) is 57.5 cm³/mol. The van der Waals surface area contributed by atoms with Crippen molar-refractivity contribution in [3.8, 4) is 0 Å². The zero-order chi connectivity index (χ0) is 11.5. The van der Waals surface area contributed by atoms with Gasteiger partial charge in [0.05, 0.1) is 6.54 Å². The van der Waals surface area contributed by atoms with Crippen LogP contribution in [0, 0.1) is 0 Å². The van der Waals surface area contributed by atoms with Crippen LogP contribution in [-0.2, 0) is 22.6 Å². The highest BCUT2D eigenvalue weighted by molar-refractivity contribution is 5.81. The van der Waals surface area contributed by atoms with Crippen molar-refractivity contribution in [1.29, 1.82) is 0 Å². The van der Waals surface area contributed by atoms with Gasteiger partial charge in [0.2, 0.25) is 0 Å². The Morgan fingerprint density at radius 1 is 1.69 bits per heavy atom. The molecule has 0 spiro atoms. The Bertz CT molecular complexity index is 373. The Hall–Kier alpha value is -1.40. The van der Waals surface area contributed by atoms with Crippen LogP contribution < -0.4 is 5.73 Å². The number of carbonyl (C=O) groups excluding carboxylic acids is 1. The predicted octanol–water partition coefficient (Wildman–Crippen LogP) is -0.801. The lowest BCUT2D eigenvalue weighted by molar-refractivity contribution is -0.142. The summed E-state index contributed by atoms with van der Waals surface area (Å²) in [5.74, 6) is 0.853. The van der Waals surface area contributed by atoms with E-state index < -0.39 is 6.10 Å². The van der Waals surface area contributed by atoms with Gasteiger partial charge in [0, 0.05) is 39.1 Å². The molecular weight excluding hydrogens is 208 g/mol. The highest BCUT2D eigenvalue weighted by Gasteiger charge is 2.26. The zero-order valence-electron chi connectivity index (χ0n) is 9.30. The lowest BCUT2D eigenvalue weighted by Gasteiger charge is -2.30. The van der Waals surface area contributed by atoms with E-state index in [0.29, 0.717) is 13.1 Å². The number of nitrogens with zero attached hydrogens (tertiary/aromatic N) is 3. The molecule has 88 valence electrons. The maximum absolute atomic E-state index is 12.0. The summed E-state index contributed by atoms with van der Waals surface area (Å²) in [4.78, 5) is 17.9. The van der Waals surface area contributed by atoms with Crippen LogP contribution in [-0.4, -0.2) is 46.7 Å². The van der Waals surface area contributed by atoms with E-state index in [4.69, 9.17) is 10.5 Å². The first kappa shape index (κ1) is 11.1. The maximum atomic E-state index is 12.0. The second-order valence-electron chi connectivity index (χ2n) is 3.76. The Labute approximate surface area is 94.0 Å². The fourth-order valence-corrected chi connectivity index (χ4v) is 1.86. The number of methoxy groups -OCH3 is 1. The molecule has 1 aromatic rings. The molecule has 1 unspecified atom stereocenters. The molecular formula is C10H16N4O2. The number of hydrogen-bond donors (Lipinski definition) is 1. The van der Waals surface area contributed by atoms with Crippen molar-refractivity contribution in [3.05, 3.63) is 18.2 Å². The summed E-state index contributed by atoms with van der Waals surface area (Å²) < 4.78 is 7.09. The molecule has 16 heavy (non-hydrogen) atoms. The van der Waals surface area contributed by atoms with Crippen molar-refractivity contribution in [3.63, 3.8) is 0 Å². The number of ether oxygens (including phenoxy) is 1. The van der Waals surface area contributed by atoms with E-state index in [1.54, 1.807) is 11.1 Å². The van der Waals surface area contributed by atoms with Crippen LogP contribution in [0.15, 0.2) is 12.4 Å². The number of amides is 1. The molecule has 1 amide bonds. The van der Waals surface area contributed by atoms with E-state index in [1.807, 2.05) is 10.8 Å². The van der Waals surface area contributed by atoms with E-state index in [9.17, 15) is 4.79 Å². The molecule has 0 radical (unpaired) electrons. The summed E-state index contributed by atoms with van der Waals surface area (Å²) in [5.41, 5.74) is 5.47.